The van der Waals surface area contributed by atoms with Crippen LogP contribution in [0, 0.1) is 6.92 Å². The maximum Gasteiger partial charge on any atom is 0.238 e. The largest absolute Gasteiger partial charge is 0.334 e. The Bertz CT molecular complexity index is 335. The summed E-state index contributed by atoms with van der Waals surface area (Å²) in [6, 6.07) is 2.27. The molecule has 0 aliphatic heterocycles. The zero-order valence-electron chi connectivity index (χ0n) is 9.29. The first-order valence-electron chi connectivity index (χ1n) is 4.94. The maximum atomic E-state index is 11.6. The first-order valence-corrected chi connectivity index (χ1v) is 6.36. The van der Waals surface area contributed by atoms with Gasteiger partial charge in [0.05, 0.1) is 6.54 Å². The summed E-state index contributed by atoms with van der Waals surface area (Å²) < 4.78 is 0. The monoisotopic (exact) mass is 245 g/mol. The number of halogens is 1. The highest BCUT2D eigenvalue weighted by Crippen LogP contribution is 2.19. The molecule has 0 radical (unpaired) electrons. The first kappa shape index (κ1) is 12.5. The zero-order valence-corrected chi connectivity index (χ0v) is 10.9. The van der Waals surface area contributed by atoms with Gasteiger partial charge in [0, 0.05) is 10.9 Å². The van der Waals surface area contributed by atoms with Gasteiger partial charge in [0.25, 0.3) is 0 Å². The Kier molecular flexibility index (Phi) is 4.61. The van der Waals surface area contributed by atoms with Crippen molar-refractivity contribution in [1.29, 1.82) is 0 Å². The topological polar surface area (TPSA) is 20.3 Å². The molecule has 0 saturated carbocycles. The van der Waals surface area contributed by atoms with Gasteiger partial charge in [-0.15, -0.1) is 22.9 Å². The van der Waals surface area contributed by atoms with Crippen molar-refractivity contribution in [2.75, 3.05) is 5.88 Å². The quantitative estimate of drug-likeness (QED) is 0.747. The molecule has 2 nitrogen and oxygen atoms in total. The third-order valence-corrected chi connectivity index (χ3v) is 3.58. The zero-order chi connectivity index (χ0) is 11.4. The standard InChI is InChI=1S/C11H16ClNOS/c1-8(2)13(11(14)6-12)7-10-9(3)4-5-15-10/h4-5,8H,6-7H2,1-3H3. The number of thiophene rings is 1. The van der Waals surface area contributed by atoms with E-state index in [0.29, 0.717) is 6.54 Å². The molecule has 0 N–H and O–H groups in total. The van der Waals surface area contributed by atoms with Crippen LogP contribution in [-0.4, -0.2) is 22.7 Å². The highest BCUT2D eigenvalue weighted by molar-refractivity contribution is 7.10. The van der Waals surface area contributed by atoms with E-state index in [0.717, 1.165) is 0 Å². The van der Waals surface area contributed by atoms with Crippen molar-refractivity contribution in [3.63, 3.8) is 0 Å². The summed E-state index contributed by atoms with van der Waals surface area (Å²) in [6.45, 7) is 6.75. The molecule has 0 bridgehead atoms. The Morgan fingerprint density at radius 2 is 2.27 bits per heavy atom. The van der Waals surface area contributed by atoms with E-state index in [1.807, 2.05) is 24.1 Å². The number of amides is 1. The van der Waals surface area contributed by atoms with Crippen LogP contribution in [0.1, 0.15) is 24.3 Å². The normalized spacial score (nSPS) is 10.7. The van der Waals surface area contributed by atoms with Gasteiger partial charge in [0.1, 0.15) is 5.88 Å². The van der Waals surface area contributed by atoms with Crippen LogP contribution in [0.4, 0.5) is 0 Å². The summed E-state index contributed by atoms with van der Waals surface area (Å²) >= 11 is 7.27. The van der Waals surface area contributed by atoms with Gasteiger partial charge in [-0.25, -0.2) is 0 Å². The van der Waals surface area contributed by atoms with Crippen LogP contribution in [0.5, 0.6) is 0 Å². The molecule has 84 valence electrons. The molecule has 15 heavy (non-hydrogen) atoms. The van der Waals surface area contributed by atoms with Crippen molar-refractivity contribution in [2.45, 2.75) is 33.4 Å². The number of carbonyl (C=O) groups is 1. The van der Waals surface area contributed by atoms with Crippen molar-refractivity contribution in [2.24, 2.45) is 0 Å². The van der Waals surface area contributed by atoms with E-state index in [1.54, 1.807) is 11.3 Å². The SMILES string of the molecule is Cc1ccsc1CN(C(=O)CCl)C(C)C. The smallest absolute Gasteiger partial charge is 0.238 e. The van der Waals surface area contributed by atoms with Crippen molar-refractivity contribution in [3.8, 4) is 0 Å². The van der Waals surface area contributed by atoms with Gasteiger partial charge in [-0.3, -0.25) is 4.79 Å². The molecule has 0 aliphatic carbocycles. The molecule has 0 spiro atoms. The minimum Gasteiger partial charge on any atom is -0.334 e. The molecule has 1 heterocycles. The predicted molar refractivity (Wildman–Crippen MR) is 65.5 cm³/mol. The molecular formula is C11H16ClNOS. The highest BCUT2D eigenvalue weighted by atomic mass is 35.5. The van der Waals surface area contributed by atoms with E-state index >= 15 is 0 Å². The number of hydrogen-bond acceptors (Lipinski definition) is 2. The third-order valence-electron chi connectivity index (χ3n) is 2.34. The molecule has 0 aromatic carbocycles. The van der Waals surface area contributed by atoms with Gasteiger partial charge in [0.15, 0.2) is 0 Å². The fraction of sp³-hybridized carbons (Fsp3) is 0.545. The predicted octanol–water partition coefficient (Wildman–Crippen LogP) is 3.03. The second kappa shape index (κ2) is 5.52. The molecule has 4 heteroatoms. The number of nitrogens with zero attached hydrogens (tertiary/aromatic N) is 1. The highest BCUT2D eigenvalue weighted by Gasteiger charge is 2.17. The molecule has 1 aromatic rings. The van der Waals surface area contributed by atoms with Crippen molar-refractivity contribution >= 4 is 28.8 Å². The minimum absolute atomic E-state index is 0.000494. The molecule has 1 rings (SSSR count). The lowest BCUT2D eigenvalue weighted by atomic mass is 10.2. The van der Waals surface area contributed by atoms with Crippen LogP contribution < -0.4 is 0 Å². The molecule has 0 fully saturated rings. The maximum absolute atomic E-state index is 11.6. The molecule has 1 aromatic heterocycles. The van der Waals surface area contributed by atoms with Crippen LogP contribution in [0.25, 0.3) is 0 Å². The third kappa shape index (κ3) is 3.21. The fourth-order valence-electron chi connectivity index (χ4n) is 1.36. The van der Waals surface area contributed by atoms with Crippen LogP contribution in [0.3, 0.4) is 0 Å². The van der Waals surface area contributed by atoms with Crippen LogP contribution in [-0.2, 0) is 11.3 Å². The number of rotatable bonds is 4. The number of alkyl halides is 1. The molecule has 0 atom stereocenters. The van der Waals surface area contributed by atoms with Gasteiger partial charge >= 0.3 is 0 Å². The van der Waals surface area contributed by atoms with E-state index in [4.69, 9.17) is 11.6 Å². The summed E-state index contributed by atoms with van der Waals surface area (Å²) in [6.07, 6.45) is 0. The summed E-state index contributed by atoms with van der Waals surface area (Å²) in [5, 5.41) is 2.05. The van der Waals surface area contributed by atoms with Crippen molar-refractivity contribution in [3.05, 3.63) is 21.9 Å². The van der Waals surface area contributed by atoms with Crippen molar-refractivity contribution < 1.29 is 4.79 Å². The van der Waals surface area contributed by atoms with Gasteiger partial charge < -0.3 is 4.90 Å². The summed E-state index contributed by atoms with van der Waals surface area (Å²) in [5.41, 5.74) is 1.24. The Balaban J connectivity index is 2.76. The van der Waals surface area contributed by atoms with Gasteiger partial charge in [-0.2, -0.15) is 0 Å². The Morgan fingerprint density at radius 1 is 1.60 bits per heavy atom. The summed E-state index contributed by atoms with van der Waals surface area (Å²) in [5.74, 6) is 0.0576. The number of aryl methyl sites for hydroxylation is 1. The van der Waals surface area contributed by atoms with E-state index in [9.17, 15) is 4.79 Å². The van der Waals surface area contributed by atoms with Crippen LogP contribution in [0.2, 0.25) is 0 Å². The van der Waals surface area contributed by atoms with E-state index in [2.05, 4.69) is 13.0 Å². The average molecular weight is 246 g/mol. The summed E-state index contributed by atoms with van der Waals surface area (Å²) in [7, 11) is 0. The van der Waals surface area contributed by atoms with Gasteiger partial charge in [-0.05, 0) is 37.8 Å². The van der Waals surface area contributed by atoms with Crippen molar-refractivity contribution in [1.82, 2.24) is 4.90 Å². The minimum atomic E-state index is -0.000494. The second-order valence-electron chi connectivity index (χ2n) is 3.78. The van der Waals surface area contributed by atoms with Crippen LogP contribution in [0.15, 0.2) is 11.4 Å². The van der Waals surface area contributed by atoms with Crippen LogP contribution >= 0.6 is 22.9 Å². The average Bonchev–Trinajstić information content (AvgIpc) is 2.59. The molecule has 0 aliphatic rings. The van der Waals surface area contributed by atoms with Gasteiger partial charge in [-0.1, -0.05) is 0 Å². The first-order chi connectivity index (χ1) is 7.06. The van der Waals surface area contributed by atoms with E-state index in [-0.39, 0.29) is 17.8 Å². The molecule has 0 unspecified atom stereocenters. The Labute approximate surface area is 99.9 Å². The molecule has 0 saturated heterocycles. The fourth-order valence-corrected chi connectivity index (χ4v) is 2.41. The lowest BCUT2D eigenvalue weighted by Crippen LogP contribution is -2.37. The second-order valence-corrected chi connectivity index (χ2v) is 5.04. The lowest BCUT2D eigenvalue weighted by Gasteiger charge is -2.25. The number of carbonyl (C=O) groups excluding carboxylic acids is 1. The lowest BCUT2D eigenvalue weighted by molar-refractivity contribution is -0.130. The van der Waals surface area contributed by atoms with E-state index < -0.39 is 0 Å². The Hall–Kier alpha value is -0.540. The summed E-state index contributed by atoms with van der Waals surface area (Å²) in [4.78, 5) is 14.6. The molecular weight excluding hydrogens is 230 g/mol. The number of hydrogen-bond donors (Lipinski definition) is 0. The van der Waals surface area contributed by atoms with E-state index in [1.165, 1.54) is 10.4 Å². The molecule has 1 amide bonds. The van der Waals surface area contributed by atoms with Gasteiger partial charge in [0.2, 0.25) is 5.91 Å². The Morgan fingerprint density at radius 3 is 2.67 bits per heavy atom.